The van der Waals surface area contributed by atoms with Gasteiger partial charge in [0.05, 0.1) is 18.1 Å². The molecule has 2 rings (SSSR count). The van der Waals surface area contributed by atoms with Crippen LogP contribution in [-0.4, -0.2) is 31.8 Å². The van der Waals surface area contributed by atoms with Crippen molar-refractivity contribution in [1.82, 2.24) is 4.31 Å². The molecule has 1 aromatic carbocycles. The molecule has 0 aliphatic rings. The average Bonchev–Trinajstić information content (AvgIpc) is 2.91. The van der Waals surface area contributed by atoms with Gasteiger partial charge in [-0.15, -0.1) is 11.3 Å². The number of aryl methyl sites for hydroxylation is 1. The predicted octanol–water partition coefficient (Wildman–Crippen LogP) is 2.79. The minimum absolute atomic E-state index is 0.162. The van der Waals surface area contributed by atoms with Crippen LogP contribution in [0.4, 0.5) is 5.69 Å². The van der Waals surface area contributed by atoms with E-state index in [4.69, 9.17) is 4.74 Å². The normalized spacial score (nSPS) is 11.7. The first-order valence-electron chi connectivity index (χ1n) is 6.59. The molecule has 0 spiro atoms. The summed E-state index contributed by atoms with van der Waals surface area (Å²) >= 11 is 1.45. The lowest BCUT2D eigenvalue weighted by molar-refractivity contribution is -0.387. The zero-order valence-corrected chi connectivity index (χ0v) is 14.5. The van der Waals surface area contributed by atoms with E-state index < -0.39 is 20.6 Å². The van der Waals surface area contributed by atoms with Crippen LogP contribution in [0.25, 0.3) is 0 Å². The zero-order chi connectivity index (χ0) is 17.2. The molecule has 23 heavy (non-hydrogen) atoms. The monoisotopic (exact) mass is 356 g/mol. The van der Waals surface area contributed by atoms with Crippen molar-refractivity contribution < 1.29 is 18.1 Å². The third-order valence-electron chi connectivity index (χ3n) is 3.39. The van der Waals surface area contributed by atoms with Crippen LogP contribution in [0, 0.1) is 17.0 Å². The summed E-state index contributed by atoms with van der Waals surface area (Å²) in [6, 6.07) is 5.60. The Bertz CT molecular complexity index is 829. The fourth-order valence-corrected chi connectivity index (χ4v) is 4.32. The van der Waals surface area contributed by atoms with Crippen LogP contribution in [0.15, 0.2) is 34.5 Å². The van der Waals surface area contributed by atoms with E-state index in [1.54, 1.807) is 0 Å². The minimum atomic E-state index is -3.99. The molecule has 0 bridgehead atoms. The Morgan fingerprint density at radius 2 is 2.04 bits per heavy atom. The molecule has 0 saturated carbocycles. The van der Waals surface area contributed by atoms with Crippen molar-refractivity contribution in [2.45, 2.75) is 18.4 Å². The van der Waals surface area contributed by atoms with Gasteiger partial charge >= 0.3 is 0 Å². The molecule has 1 heterocycles. The standard InChI is InChI=1S/C14H16N2O5S2/c1-10-6-7-22-13(10)9-15(2)23(19,20)14-5-4-11(21-3)8-12(14)16(17)18/h4-8H,9H2,1-3H3. The Morgan fingerprint density at radius 1 is 1.35 bits per heavy atom. The highest BCUT2D eigenvalue weighted by Gasteiger charge is 2.30. The number of hydrogen-bond acceptors (Lipinski definition) is 6. The van der Waals surface area contributed by atoms with Gasteiger partial charge in [-0.3, -0.25) is 10.1 Å². The number of thiophene rings is 1. The van der Waals surface area contributed by atoms with E-state index in [0.29, 0.717) is 0 Å². The molecule has 0 fully saturated rings. The SMILES string of the molecule is COc1ccc(S(=O)(=O)N(C)Cc2sccc2C)c([N+](=O)[O-])c1. The summed E-state index contributed by atoms with van der Waals surface area (Å²) in [5.74, 6) is 0.229. The van der Waals surface area contributed by atoms with Crippen molar-refractivity contribution in [3.05, 3.63) is 50.2 Å². The van der Waals surface area contributed by atoms with Crippen LogP contribution < -0.4 is 4.74 Å². The fourth-order valence-electron chi connectivity index (χ4n) is 2.01. The molecule has 0 unspecified atom stereocenters. The molecule has 0 saturated heterocycles. The predicted molar refractivity (Wildman–Crippen MR) is 87.4 cm³/mol. The van der Waals surface area contributed by atoms with Crippen LogP contribution in [0.5, 0.6) is 5.75 Å². The van der Waals surface area contributed by atoms with E-state index in [1.807, 2.05) is 18.4 Å². The van der Waals surface area contributed by atoms with E-state index in [0.717, 1.165) is 20.8 Å². The minimum Gasteiger partial charge on any atom is -0.497 e. The number of nitro groups is 1. The molecule has 0 N–H and O–H groups in total. The van der Waals surface area contributed by atoms with Crippen LogP contribution in [0.2, 0.25) is 0 Å². The van der Waals surface area contributed by atoms with Crippen LogP contribution in [0.1, 0.15) is 10.4 Å². The number of nitro benzene ring substituents is 1. The Morgan fingerprint density at radius 3 is 2.57 bits per heavy atom. The first-order chi connectivity index (χ1) is 10.8. The summed E-state index contributed by atoms with van der Waals surface area (Å²) in [4.78, 5) is 11.0. The maximum absolute atomic E-state index is 12.7. The molecule has 124 valence electrons. The number of benzene rings is 1. The third-order valence-corrected chi connectivity index (χ3v) is 6.24. The van der Waals surface area contributed by atoms with E-state index >= 15 is 0 Å². The molecule has 7 nitrogen and oxygen atoms in total. The second-order valence-corrected chi connectivity index (χ2v) is 7.89. The lowest BCUT2D eigenvalue weighted by Gasteiger charge is -2.17. The van der Waals surface area contributed by atoms with Crippen molar-refractivity contribution >= 4 is 27.0 Å². The third kappa shape index (κ3) is 3.52. The smallest absolute Gasteiger partial charge is 0.293 e. The molecule has 0 aliphatic carbocycles. The number of hydrogen-bond donors (Lipinski definition) is 0. The molecule has 0 atom stereocenters. The number of nitrogens with zero attached hydrogens (tertiary/aromatic N) is 2. The van der Waals surface area contributed by atoms with Crippen LogP contribution >= 0.6 is 11.3 Å². The van der Waals surface area contributed by atoms with E-state index in [1.165, 1.54) is 37.6 Å². The number of ether oxygens (including phenoxy) is 1. The van der Waals surface area contributed by atoms with Crippen LogP contribution in [-0.2, 0) is 16.6 Å². The summed E-state index contributed by atoms with van der Waals surface area (Å²) in [6.45, 7) is 2.05. The molecule has 2 aromatic rings. The van der Waals surface area contributed by atoms with Gasteiger partial charge in [0.15, 0.2) is 4.90 Å². The quantitative estimate of drug-likeness (QED) is 0.586. The van der Waals surface area contributed by atoms with Crippen molar-refractivity contribution in [2.75, 3.05) is 14.2 Å². The number of methoxy groups -OCH3 is 1. The fraction of sp³-hybridized carbons (Fsp3) is 0.286. The molecule has 0 amide bonds. The summed E-state index contributed by atoms with van der Waals surface area (Å²) < 4.78 is 31.4. The van der Waals surface area contributed by atoms with Gasteiger partial charge in [0.2, 0.25) is 10.0 Å². The van der Waals surface area contributed by atoms with Gasteiger partial charge in [-0.25, -0.2) is 8.42 Å². The molecule has 9 heteroatoms. The number of rotatable bonds is 6. The maximum Gasteiger partial charge on any atom is 0.293 e. The molecular formula is C14H16N2O5S2. The van der Waals surface area contributed by atoms with Gasteiger partial charge in [-0.2, -0.15) is 4.31 Å². The summed E-state index contributed by atoms with van der Waals surface area (Å²) in [5.41, 5.74) is 0.486. The van der Waals surface area contributed by atoms with Crippen LogP contribution in [0.3, 0.4) is 0 Å². The highest BCUT2D eigenvalue weighted by Crippen LogP contribution is 2.31. The molecule has 0 aliphatic heterocycles. The molecule has 0 radical (unpaired) electrons. The van der Waals surface area contributed by atoms with Gasteiger partial charge < -0.3 is 4.74 Å². The number of sulfonamides is 1. The zero-order valence-electron chi connectivity index (χ0n) is 12.8. The Labute approximate surface area is 138 Å². The van der Waals surface area contributed by atoms with Gasteiger partial charge in [0.1, 0.15) is 5.75 Å². The van der Waals surface area contributed by atoms with Gasteiger partial charge in [0, 0.05) is 18.5 Å². The van der Waals surface area contributed by atoms with Gasteiger partial charge in [-0.1, -0.05) is 0 Å². The molecule has 1 aromatic heterocycles. The first-order valence-corrected chi connectivity index (χ1v) is 8.91. The Kier molecular flexibility index (Phi) is 5.03. The van der Waals surface area contributed by atoms with Crippen molar-refractivity contribution in [1.29, 1.82) is 0 Å². The lowest BCUT2D eigenvalue weighted by Crippen LogP contribution is -2.27. The largest absolute Gasteiger partial charge is 0.497 e. The topological polar surface area (TPSA) is 89.8 Å². The first kappa shape index (κ1) is 17.4. The van der Waals surface area contributed by atoms with Gasteiger partial charge in [-0.05, 0) is 36.1 Å². The molecular weight excluding hydrogens is 340 g/mol. The van der Waals surface area contributed by atoms with Crippen molar-refractivity contribution in [2.24, 2.45) is 0 Å². The van der Waals surface area contributed by atoms with Crippen molar-refractivity contribution in [3.8, 4) is 5.75 Å². The summed E-state index contributed by atoms with van der Waals surface area (Å²) in [7, 11) is -1.22. The highest BCUT2D eigenvalue weighted by atomic mass is 32.2. The van der Waals surface area contributed by atoms with Gasteiger partial charge in [0.25, 0.3) is 5.69 Å². The average molecular weight is 356 g/mol. The second kappa shape index (κ2) is 6.65. The Hall–Kier alpha value is -1.97. The second-order valence-electron chi connectivity index (χ2n) is 4.88. The van der Waals surface area contributed by atoms with E-state index in [2.05, 4.69) is 0 Å². The maximum atomic E-state index is 12.7. The lowest BCUT2D eigenvalue weighted by atomic mass is 10.3. The van der Waals surface area contributed by atoms with E-state index in [9.17, 15) is 18.5 Å². The van der Waals surface area contributed by atoms with E-state index in [-0.39, 0.29) is 17.2 Å². The van der Waals surface area contributed by atoms with Crippen molar-refractivity contribution in [3.63, 3.8) is 0 Å². The summed E-state index contributed by atoms with van der Waals surface area (Å²) in [6.07, 6.45) is 0. The highest BCUT2D eigenvalue weighted by molar-refractivity contribution is 7.89. The Balaban J connectivity index is 2.43. The summed E-state index contributed by atoms with van der Waals surface area (Å²) in [5, 5.41) is 13.1.